The van der Waals surface area contributed by atoms with Crippen molar-refractivity contribution in [1.82, 2.24) is 4.90 Å². The van der Waals surface area contributed by atoms with Crippen molar-refractivity contribution in [3.8, 4) is 0 Å². The summed E-state index contributed by atoms with van der Waals surface area (Å²) in [5, 5.41) is 0. The first-order valence-corrected chi connectivity index (χ1v) is 7.06. The highest BCUT2D eigenvalue weighted by Gasteiger charge is 2.48. The van der Waals surface area contributed by atoms with Crippen LogP contribution >= 0.6 is 0 Å². The summed E-state index contributed by atoms with van der Waals surface area (Å²) in [5.74, 6) is 0.508. The zero-order valence-electron chi connectivity index (χ0n) is 11.9. The largest absolute Gasteiger partial charge is 0.292 e. The minimum absolute atomic E-state index is 0.0465. The summed E-state index contributed by atoms with van der Waals surface area (Å²) in [7, 11) is 2.04. The molecule has 0 spiro atoms. The maximum Gasteiger partial charge on any atom is 0.180 e. The number of carbonyl (C=O) groups excluding carboxylic acids is 1. The molecule has 0 bridgehead atoms. The first-order valence-electron chi connectivity index (χ1n) is 7.06. The Kier molecular flexibility index (Phi) is 3.41. The van der Waals surface area contributed by atoms with E-state index in [0.717, 1.165) is 5.56 Å². The second-order valence-electron chi connectivity index (χ2n) is 5.52. The van der Waals surface area contributed by atoms with Crippen LogP contribution in [0.4, 0.5) is 0 Å². The third-order valence-corrected chi connectivity index (χ3v) is 4.45. The molecule has 20 heavy (non-hydrogen) atoms. The van der Waals surface area contributed by atoms with Crippen molar-refractivity contribution in [2.75, 3.05) is 7.05 Å². The van der Waals surface area contributed by atoms with Gasteiger partial charge in [0.05, 0.1) is 6.04 Å². The Hall–Kier alpha value is -1.93. The Balaban J connectivity index is 1.90. The van der Waals surface area contributed by atoms with Gasteiger partial charge in [0.15, 0.2) is 5.78 Å². The van der Waals surface area contributed by atoms with Crippen LogP contribution in [0.15, 0.2) is 60.7 Å². The lowest BCUT2D eigenvalue weighted by atomic mass is 9.73. The SMILES string of the molecule is C[C@H]1[C@@H](c2ccccc2)[C@H](C(=O)c2ccccc2)N1C. The van der Waals surface area contributed by atoms with E-state index in [2.05, 4.69) is 24.0 Å². The smallest absolute Gasteiger partial charge is 0.180 e. The van der Waals surface area contributed by atoms with Gasteiger partial charge in [0.25, 0.3) is 0 Å². The Morgan fingerprint density at radius 3 is 2.10 bits per heavy atom. The summed E-state index contributed by atoms with van der Waals surface area (Å²) in [4.78, 5) is 14.9. The van der Waals surface area contributed by atoms with E-state index in [1.54, 1.807) is 0 Å². The monoisotopic (exact) mass is 265 g/mol. The lowest BCUT2D eigenvalue weighted by molar-refractivity contribution is 0.0231. The highest BCUT2D eigenvalue weighted by atomic mass is 16.1. The van der Waals surface area contributed by atoms with Crippen molar-refractivity contribution in [3.05, 3.63) is 71.8 Å². The van der Waals surface area contributed by atoms with E-state index in [1.165, 1.54) is 5.56 Å². The standard InChI is InChI=1S/C18H19NO/c1-13-16(14-9-5-3-6-10-14)17(19(13)2)18(20)15-11-7-4-8-12-15/h3-13,16-17H,1-2H3/t13-,16-,17+/m0/s1. The summed E-state index contributed by atoms with van der Waals surface area (Å²) in [6.45, 7) is 2.19. The van der Waals surface area contributed by atoms with Crippen molar-refractivity contribution >= 4 is 5.78 Å². The van der Waals surface area contributed by atoms with Gasteiger partial charge in [-0.3, -0.25) is 9.69 Å². The molecule has 2 heteroatoms. The van der Waals surface area contributed by atoms with Gasteiger partial charge >= 0.3 is 0 Å². The molecule has 2 aromatic rings. The number of likely N-dealkylation sites (tertiary alicyclic amines) is 1. The van der Waals surface area contributed by atoms with Crippen LogP contribution in [-0.2, 0) is 0 Å². The van der Waals surface area contributed by atoms with Crippen LogP contribution in [-0.4, -0.2) is 29.8 Å². The number of hydrogen-bond acceptors (Lipinski definition) is 2. The second kappa shape index (κ2) is 5.22. The molecule has 1 heterocycles. The van der Waals surface area contributed by atoms with Crippen LogP contribution in [0.1, 0.15) is 28.8 Å². The molecule has 3 rings (SSSR count). The highest BCUT2D eigenvalue weighted by molar-refractivity contribution is 6.01. The molecule has 0 aromatic heterocycles. The number of ketones is 1. The molecule has 102 valence electrons. The van der Waals surface area contributed by atoms with Gasteiger partial charge in [-0.2, -0.15) is 0 Å². The minimum Gasteiger partial charge on any atom is -0.292 e. The fraction of sp³-hybridized carbons (Fsp3) is 0.278. The van der Waals surface area contributed by atoms with Gasteiger partial charge in [-0.05, 0) is 19.5 Å². The van der Waals surface area contributed by atoms with Crippen molar-refractivity contribution < 1.29 is 4.79 Å². The molecule has 0 amide bonds. The van der Waals surface area contributed by atoms with E-state index in [-0.39, 0.29) is 17.7 Å². The third kappa shape index (κ3) is 2.06. The molecular weight excluding hydrogens is 246 g/mol. The molecule has 3 atom stereocenters. The fourth-order valence-electron chi connectivity index (χ4n) is 3.18. The average molecular weight is 265 g/mol. The summed E-state index contributed by atoms with van der Waals surface area (Å²) in [6, 6.07) is 20.3. The maximum absolute atomic E-state index is 12.7. The average Bonchev–Trinajstić information content (AvgIpc) is 2.52. The maximum atomic E-state index is 12.7. The van der Waals surface area contributed by atoms with E-state index in [9.17, 15) is 4.79 Å². The number of carbonyl (C=O) groups is 1. The molecule has 2 aromatic carbocycles. The van der Waals surface area contributed by atoms with Crippen LogP contribution < -0.4 is 0 Å². The highest BCUT2D eigenvalue weighted by Crippen LogP contribution is 2.40. The number of hydrogen-bond donors (Lipinski definition) is 0. The van der Waals surface area contributed by atoms with Gasteiger partial charge in [-0.25, -0.2) is 0 Å². The quantitative estimate of drug-likeness (QED) is 0.793. The normalized spacial score (nSPS) is 26.0. The molecule has 1 saturated heterocycles. The summed E-state index contributed by atoms with van der Waals surface area (Å²) < 4.78 is 0. The molecular formula is C18H19NO. The van der Waals surface area contributed by atoms with Gasteiger partial charge < -0.3 is 0 Å². The Morgan fingerprint density at radius 1 is 0.950 bits per heavy atom. The van der Waals surface area contributed by atoms with E-state index < -0.39 is 0 Å². The van der Waals surface area contributed by atoms with Crippen LogP contribution in [0.2, 0.25) is 0 Å². The van der Waals surface area contributed by atoms with E-state index in [0.29, 0.717) is 6.04 Å². The second-order valence-corrected chi connectivity index (χ2v) is 5.52. The topological polar surface area (TPSA) is 20.3 Å². The van der Waals surface area contributed by atoms with Gasteiger partial charge in [0, 0.05) is 17.5 Å². The zero-order valence-corrected chi connectivity index (χ0v) is 11.9. The number of nitrogens with zero attached hydrogens (tertiary/aromatic N) is 1. The van der Waals surface area contributed by atoms with Crippen molar-refractivity contribution in [1.29, 1.82) is 0 Å². The lowest BCUT2D eigenvalue weighted by Crippen LogP contribution is -2.62. The van der Waals surface area contributed by atoms with E-state index in [1.807, 2.05) is 55.6 Å². The summed E-state index contributed by atoms with van der Waals surface area (Å²) >= 11 is 0. The van der Waals surface area contributed by atoms with E-state index >= 15 is 0 Å². The van der Waals surface area contributed by atoms with Crippen molar-refractivity contribution in [3.63, 3.8) is 0 Å². The fourth-order valence-corrected chi connectivity index (χ4v) is 3.18. The third-order valence-electron chi connectivity index (χ3n) is 4.45. The molecule has 0 radical (unpaired) electrons. The van der Waals surface area contributed by atoms with Crippen molar-refractivity contribution in [2.45, 2.75) is 24.9 Å². The Morgan fingerprint density at radius 2 is 1.50 bits per heavy atom. The van der Waals surface area contributed by atoms with Crippen molar-refractivity contribution in [2.24, 2.45) is 0 Å². The number of likely N-dealkylation sites (N-methyl/N-ethyl adjacent to an activating group) is 1. The van der Waals surface area contributed by atoms with Crippen LogP contribution in [0, 0.1) is 0 Å². The molecule has 0 N–H and O–H groups in total. The van der Waals surface area contributed by atoms with E-state index in [4.69, 9.17) is 0 Å². The number of rotatable bonds is 3. The summed E-state index contributed by atoms with van der Waals surface area (Å²) in [5.41, 5.74) is 2.06. The molecule has 1 aliphatic heterocycles. The minimum atomic E-state index is -0.0465. The van der Waals surface area contributed by atoms with Gasteiger partial charge in [-0.1, -0.05) is 60.7 Å². The molecule has 0 unspecified atom stereocenters. The first-order chi connectivity index (χ1) is 9.70. The lowest BCUT2D eigenvalue weighted by Gasteiger charge is -2.51. The molecule has 1 aliphatic rings. The molecule has 2 nitrogen and oxygen atoms in total. The number of benzene rings is 2. The Labute approximate surface area is 120 Å². The molecule has 1 fully saturated rings. The predicted octanol–water partition coefficient (Wildman–Crippen LogP) is 3.36. The first kappa shape index (κ1) is 13.1. The number of Topliss-reactive ketones (excluding diaryl/α,β-unsaturated/α-hetero) is 1. The molecule has 0 saturated carbocycles. The Bertz CT molecular complexity index is 593. The van der Waals surface area contributed by atoms with Crippen LogP contribution in [0.25, 0.3) is 0 Å². The summed E-state index contributed by atoms with van der Waals surface area (Å²) in [6.07, 6.45) is 0. The van der Waals surface area contributed by atoms with Crippen LogP contribution in [0.5, 0.6) is 0 Å². The van der Waals surface area contributed by atoms with Crippen LogP contribution in [0.3, 0.4) is 0 Å². The van der Waals surface area contributed by atoms with Gasteiger partial charge in [0.2, 0.25) is 0 Å². The predicted molar refractivity (Wildman–Crippen MR) is 81.0 cm³/mol. The van der Waals surface area contributed by atoms with Gasteiger partial charge in [0.1, 0.15) is 0 Å². The molecule has 0 aliphatic carbocycles. The van der Waals surface area contributed by atoms with Gasteiger partial charge in [-0.15, -0.1) is 0 Å². The zero-order chi connectivity index (χ0) is 14.1.